The molecular formula is C22H21ClFN3O5. The van der Waals surface area contributed by atoms with Gasteiger partial charge in [-0.05, 0) is 42.2 Å². The lowest BCUT2D eigenvalue weighted by molar-refractivity contribution is -0.123. The number of aliphatic hydroxyl groups is 2. The summed E-state index contributed by atoms with van der Waals surface area (Å²) in [6.45, 7) is -0.517. The number of fused-ring (bicyclic) bond motifs is 2. The Balaban J connectivity index is 1.33. The zero-order valence-corrected chi connectivity index (χ0v) is 17.7. The van der Waals surface area contributed by atoms with Gasteiger partial charge in [-0.1, -0.05) is 17.7 Å². The van der Waals surface area contributed by atoms with Crippen LogP contribution in [-0.4, -0.2) is 45.3 Å². The average Bonchev–Trinajstić information content (AvgIpc) is 2.75. The Labute approximate surface area is 188 Å². The van der Waals surface area contributed by atoms with Crippen LogP contribution >= 0.6 is 11.6 Å². The van der Waals surface area contributed by atoms with E-state index in [9.17, 15) is 19.1 Å². The summed E-state index contributed by atoms with van der Waals surface area (Å²) in [7, 11) is 0. The van der Waals surface area contributed by atoms with Crippen LogP contribution in [0.15, 0.2) is 47.8 Å². The molecule has 3 aliphatic rings. The quantitative estimate of drug-likeness (QED) is 0.499. The van der Waals surface area contributed by atoms with Crippen molar-refractivity contribution in [2.45, 2.75) is 37.5 Å². The molecule has 1 aromatic carbocycles. The molecule has 0 aliphatic heterocycles. The summed E-state index contributed by atoms with van der Waals surface area (Å²) in [6, 6.07) is 7.02. The number of aromatic nitrogens is 1. The smallest absolute Gasteiger partial charge is 0.270 e. The molecule has 1 saturated carbocycles. The molecule has 0 radical (unpaired) electrons. The predicted octanol–water partition coefficient (Wildman–Crippen LogP) is 1.84. The van der Waals surface area contributed by atoms with Crippen LogP contribution in [-0.2, 0) is 11.4 Å². The maximum absolute atomic E-state index is 13.5. The summed E-state index contributed by atoms with van der Waals surface area (Å²) in [6.07, 6.45) is 1.74. The number of amides is 2. The van der Waals surface area contributed by atoms with Crippen LogP contribution < -0.4 is 15.4 Å². The van der Waals surface area contributed by atoms with Crippen molar-refractivity contribution in [2.24, 2.45) is 0 Å². The van der Waals surface area contributed by atoms with E-state index >= 15 is 0 Å². The fourth-order valence-electron chi connectivity index (χ4n) is 3.98. The molecule has 0 spiro atoms. The maximum Gasteiger partial charge on any atom is 0.270 e. The molecule has 4 N–H and O–H groups in total. The van der Waals surface area contributed by atoms with Crippen molar-refractivity contribution in [3.8, 4) is 5.75 Å². The number of hydrogen-bond donors (Lipinski definition) is 4. The molecule has 0 unspecified atom stereocenters. The van der Waals surface area contributed by atoms with Crippen molar-refractivity contribution >= 4 is 23.4 Å². The van der Waals surface area contributed by atoms with Gasteiger partial charge >= 0.3 is 0 Å². The monoisotopic (exact) mass is 461 g/mol. The SMILES string of the molecule is O=C(COc1ccc(Cl)c(F)c1)NC1=C2CC(NC(=O)c3ccc(CO)cn3)(C2)C[C@@H]1O. The molecule has 1 heterocycles. The lowest BCUT2D eigenvalue weighted by Gasteiger charge is -2.51. The largest absolute Gasteiger partial charge is 0.484 e. The summed E-state index contributed by atoms with van der Waals surface area (Å²) in [5.74, 6) is -1.34. The summed E-state index contributed by atoms with van der Waals surface area (Å²) in [5.41, 5.74) is 1.50. The van der Waals surface area contributed by atoms with Gasteiger partial charge in [-0.3, -0.25) is 14.6 Å². The van der Waals surface area contributed by atoms with Crippen LogP contribution in [0, 0.1) is 5.82 Å². The summed E-state index contributed by atoms with van der Waals surface area (Å²) < 4.78 is 18.7. The Morgan fingerprint density at radius 3 is 2.69 bits per heavy atom. The van der Waals surface area contributed by atoms with E-state index in [0.717, 1.165) is 11.6 Å². The first-order chi connectivity index (χ1) is 15.3. The number of nitrogens with zero attached hydrogens (tertiary/aromatic N) is 1. The number of carbonyl (C=O) groups is 2. The number of benzene rings is 1. The molecule has 168 valence electrons. The third-order valence-corrected chi connectivity index (χ3v) is 5.86. The van der Waals surface area contributed by atoms with Gasteiger partial charge in [0.15, 0.2) is 6.61 Å². The highest BCUT2D eigenvalue weighted by molar-refractivity contribution is 6.30. The Morgan fingerprint density at radius 1 is 1.28 bits per heavy atom. The number of ether oxygens (including phenoxy) is 1. The number of aliphatic hydroxyl groups excluding tert-OH is 2. The van der Waals surface area contributed by atoms with Crippen LogP contribution in [0.1, 0.15) is 35.3 Å². The maximum atomic E-state index is 13.5. The number of pyridine rings is 1. The summed E-state index contributed by atoms with van der Waals surface area (Å²) >= 11 is 5.62. The summed E-state index contributed by atoms with van der Waals surface area (Å²) in [5, 5.41) is 25.1. The highest BCUT2D eigenvalue weighted by atomic mass is 35.5. The van der Waals surface area contributed by atoms with Crippen molar-refractivity contribution in [2.75, 3.05) is 6.61 Å². The van der Waals surface area contributed by atoms with E-state index in [-0.39, 0.29) is 42.0 Å². The normalized spacial score (nSPS) is 21.6. The molecule has 1 atom stereocenters. The zero-order chi connectivity index (χ0) is 22.9. The topological polar surface area (TPSA) is 121 Å². The molecule has 1 fully saturated rings. The molecule has 2 amide bonds. The van der Waals surface area contributed by atoms with E-state index in [1.807, 2.05) is 0 Å². The Hall–Kier alpha value is -3.01. The number of rotatable bonds is 7. The first kappa shape index (κ1) is 22.2. The highest BCUT2D eigenvalue weighted by Gasteiger charge is 2.50. The molecule has 0 saturated heterocycles. The minimum atomic E-state index is -0.950. The highest BCUT2D eigenvalue weighted by Crippen LogP contribution is 2.47. The molecule has 32 heavy (non-hydrogen) atoms. The Morgan fingerprint density at radius 2 is 2.06 bits per heavy atom. The third-order valence-electron chi connectivity index (χ3n) is 5.56. The van der Waals surface area contributed by atoms with Crippen molar-refractivity contribution in [1.82, 2.24) is 15.6 Å². The van der Waals surface area contributed by atoms with E-state index < -0.39 is 23.4 Å². The van der Waals surface area contributed by atoms with Gasteiger partial charge in [0.25, 0.3) is 11.8 Å². The molecule has 1 aromatic heterocycles. The van der Waals surface area contributed by atoms with Crippen molar-refractivity contribution in [3.63, 3.8) is 0 Å². The van der Waals surface area contributed by atoms with Gasteiger partial charge in [-0.25, -0.2) is 4.39 Å². The molecular weight excluding hydrogens is 441 g/mol. The van der Waals surface area contributed by atoms with Crippen LogP contribution in [0.5, 0.6) is 5.75 Å². The fourth-order valence-corrected chi connectivity index (χ4v) is 4.10. The molecule has 10 heteroatoms. The van der Waals surface area contributed by atoms with Gasteiger partial charge < -0.3 is 25.6 Å². The van der Waals surface area contributed by atoms with Gasteiger partial charge in [0.05, 0.1) is 23.3 Å². The van der Waals surface area contributed by atoms with Gasteiger partial charge in [-0.15, -0.1) is 0 Å². The minimum Gasteiger partial charge on any atom is -0.484 e. The van der Waals surface area contributed by atoms with E-state index in [1.54, 1.807) is 6.07 Å². The second-order valence-corrected chi connectivity index (χ2v) is 8.35. The van der Waals surface area contributed by atoms with Crippen LogP contribution in [0.4, 0.5) is 4.39 Å². The minimum absolute atomic E-state index is 0.0439. The van der Waals surface area contributed by atoms with Crippen LogP contribution in [0.2, 0.25) is 5.02 Å². The van der Waals surface area contributed by atoms with Crippen molar-refractivity contribution in [1.29, 1.82) is 0 Å². The number of nitrogens with one attached hydrogen (secondary N) is 2. The van der Waals surface area contributed by atoms with Gasteiger partial charge in [0, 0.05) is 24.4 Å². The van der Waals surface area contributed by atoms with Crippen LogP contribution in [0.3, 0.4) is 0 Å². The predicted molar refractivity (Wildman–Crippen MR) is 112 cm³/mol. The second kappa shape index (κ2) is 8.85. The molecule has 2 bridgehead atoms. The third kappa shape index (κ3) is 4.59. The Bertz CT molecular complexity index is 1080. The number of halogens is 2. The zero-order valence-electron chi connectivity index (χ0n) is 16.9. The molecule has 2 aromatic rings. The number of carbonyl (C=O) groups excluding carboxylic acids is 2. The lowest BCUT2D eigenvalue weighted by atomic mass is 9.63. The summed E-state index contributed by atoms with van der Waals surface area (Å²) in [4.78, 5) is 28.8. The van der Waals surface area contributed by atoms with Gasteiger partial charge in [0.2, 0.25) is 0 Å². The van der Waals surface area contributed by atoms with E-state index in [4.69, 9.17) is 21.4 Å². The Kier molecular flexibility index (Phi) is 6.14. The fraction of sp³-hybridized carbons (Fsp3) is 0.318. The lowest BCUT2D eigenvalue weighted by Crippen LogP contribution is -2.61. The van der Waals surface area contributed by atoms with Crippen molar-refractivity contribution in [3.05, 3.63) is 69.9 Å². The first-order valence-electron chi connectivity index (χ1n) is 9.94. The van der Waals surface area contributed by atoms with Crippen LogP contribution in [0.25, 0.3) is 0 Å². The van der Waals surface area contributed by atoms with E-state index in [2.05, 4.69) is 15.6 Å². The van der Waals surface area contributed by atoms with Gasteiger partial charge in [-0.2, -0.15) is 0 Å². The molecule has 3 aliphatic carbocycles. The van der Waals surface area contributed by atoms with Crippen molar-refractivity contribution < 1.29 is 28.9 Å². The standard InChI is InChI=1S/C22H21ClFN3O5/c23-15-3-2-14(5-16(15)24)32-11-19(30)26-20-13-6-22(7-13,8-18(20)29)27-21(31)17-4-1-12(10-28)9-25-17/h1-5,9,18,28-29H,6-8,10-11H2,(H,26,30)(H,27,31)/t18-/m0/s1. The first-order valence-corrected chi connectivity index (χ1v) is 10.3. The van der Waals surface area contributed by atoms with E-state index in [0.29, 0.717) is 24.1 Å². The average molecular weight is 462 g/mol. The number of hydrogen-bond acceptors (Lipinski definition) is 6. The van der Waals surface area contributed by atoms with Gasteiger partial charge in [0.1, 0.15) is 17.3 Å². The molecule has 5 rings (SSSR count). The van der Waals surface area contributed by atoms with E-state index in [1.165, 1.54) is 24.4 Å². The molecule has 8 nitrogen and oxygen atoms in total. The second-order valence-electron chi connectivity index (χ2n) is 7.95.